The summed E-state index contributed by atoms with van der Waals surface area (Å²) in [5, 5.41) is 0.658. The summed E-state index contributed by atoms with van der Waals surface area (Å²) in [6.07, 6.45) is 2.13. The summed E-state index contributed by atoms with van der Waals surface area (Å²) in [7, 11) is 0. The molecule has 0 radical (unpaired) electrons. The fraction of sp³-hybridized carbons (Fsp3) is 0.143. The number of benzene rings is 1. The van der Waals surface area contributed by atoms with Crippen LogP contribution in [-0.4, -0.2) is 10.9 Å². The zero-order chi connectivity index (χ0) is 13.3. The van der Waals surface area contributed by atoms with E-state index in [9.17, 15) is 9.59 Å². The third kappa shape index (κ3) is 2.22. The SMILES string of the molecule is Cc1cc(Cl)ccc1-n1cc(C=O)c(=O)cc1C. The van der Waals surface area contributed by atoms with Crippen molar-refractivity contribution in [1.82, 2.24) is 4.57 Å². The molecule has 0 atom stereocenters. The van der Waals surface area contributed by atoms with Gasteiger partial charge in [0.2, 0.25) is 0 Å². The van der Waals surface area contributed by atoms with Crippen LogP contribution in [0.1, 0.15) is 21.6 Å². The maximum atomic E-state index is 11.5. The number of hydrogen-bond donors (Lipinski definition) is 0. The van der Waals surface area contributed by atoms with E-state index in [-0.39, 0.29) is 11.0 Å². The average Bonchev–Trinajstić information content (AvgIpc) is 2.30. The van der Waals surface area contributed by atoms with Gasteiger partial charge in [-0.15, -0.1) is 0 Å². The molecular formula is C14H12ClNO2. The molecule has 1 aromatic heterocycles. The van der Waals surface area contributed by atoms with Crippen molar-refractivity contribution in [3.63, 3.8) is 0 Å². The quantitative estimate of drug-likeness (QED) is 0.780. The first-order valence-electron chi connectivity index (χ1n) is 5.48. The van der Waals surface area contributed by atoms with Gasteiger partial charge in [0.05, 0.1) is 5.56 Å². The number of aromatic nitrogens is 1. The molecule has 0 aliphatic heterocycles. The van der Waals surface area contributed by atoms with Gasteiger partial charge in [0.15, 0.2) is 11.7 Å². The molecule has 0 bridgehead atoms. The lowest BCUT2D eigenvalue weighted by Crippen LogP contribution is -2.14. The Morgan fingerprint density at radius 3 is 2.56 bits per heavy atom. The Labute approximate surface area is 110 Å². The number of carbonyl (C=O) groups excluding carboxylic acids is 1. The Kier molecular flexibility index (Phi) is 3.34. The Hall–Kier alpha value is -1.87. The molecule has 18 heavy (non-hydrogen) atoms. The van der Waals surface area contributed by atoms with Gasteiger partial charge < -0.3 is 4.57 Å². The molecule has 2 rings (SSSR count). The van der Waals surface area contributed by atoms with E-state index in [4.69, 9.17) is 11.6 Å². The third-order valence-corrected chi connectivity index (χ3v) is 3.05. The molecule has 92 valence electrons. The summed E-state index contributed by atoms with van der Waals surface area (Å²) in [6, 6.07) is 6.94. The molecule has 0 spiro atoms. The first kappa shape index (κ1) is 12.6. The van der Waals surface area contributed by atoms with Crippen molar-refractivity contribution >= 4 is 17.9 Å². The van der Waals surface area contributed by atoms with Gasteiger partial charge >= 0.3 is 0 Å². The van der Waals surface area contributed by atoms with E-state index in [0.717, 1.165) is 16.9 Å². The number of aldehydes is 1. The van der Waals surface area contributed by atoms with Gasteiger partial charge in [0.25, 0.3) is 0 Å². The summed E-state index contributed by atoms with van der Waals surface area (Å²) >= 11 is 5.91. The van der Waals surface area contributed by atoms with E-state index >= 15 is 0 Å². The van der Waals surface area contributed by atoms with Crippen LogP contribution in [0.2, 0.25) is 5.02 Å². The molecule has 0 unspecified atom stereocenters. The van der Waals surface area contributed by atoms with Crippen molar-refractivity contribution < 1.29 is 4.79 Å². The highest BCUT2D eigenvalue weighted by Gasteiger charge is 2.07. The Morgan fingerprint density at radius 2 is 1.94 bits per heavy atom. The molecular weight excluding hydrogens is 250 g/mol. The Bertz CT molecular complexity index is 674. The first-order valence-corrected chi connectivity index (χ1v) is 5.85. The standard InChI is InChI=1S/C14H12ClNO2/c1-9-5-12(15)3-4-13(9)16-7-11(8-17)14(18)6-10(16)2/h3-8H,1-2H3. The highest BCUT2D eigenvalue weighted by Crippen LogP contribution is 2.20. The molecule has 0 fully saturated rings. The van der Waals surface area contributed by atoms with Gasteiger partial charge in [-0.1, -0.05) is 11.6 Å². The minimum Gasteiger partial charge on any atom is -0.320 e. The molecule has 0 saturated heterocycles. The van der Waals surface area contributed by atoms with Crippen LogP contribution in [0, 0.1) is 13.8 Å². The maximum Gasteiger partial charge on any atom is 0.192 e. The number of hydrogen-bond acceptors (Lipinski definition) is 2. The molecule has 2 aromatic rings. The van der Waals surface area contributed by atoms with Gasteiger partial charge in [-0.25, -0.2) is 0 Å². The number of halogens is 1. The van der Waals surface area contributed by atoms with Gasteiger partial charge in [0.1, 0.15) is 0 Å². The first-order chi connectivity index (χ1) is 8.52. The van der Waals surface area contributed by atoms with Crippen molar-refractivity contribution in [3.05, 3.63) is 62.5 Å². The number of aryl methyl sites for hydroxylation is 2. The summed E-state index contributed by atoms with van der Waals surface area (Å²) in [5.74, 6) is 0. The van der Waals surface area contributed by atoms with Crippen LogP contribution < -0.4 is 5.43 Å². The normalized spacial score (nSPS) is 10.4. The van der Waals surface area contributed by atoms with Crippen LogP contribution in [0.15, 0.2) is 35.3 Å². The predicted molar refractivity (Wildman–Crippen MR) is 71.9 cm³/mol. The second-order valence-corrected chi connectivity index (χ2v) is 4.59. The van der Waals surface area contributed by atoms with E-state index < -0.39 is 0 Å². The fourth-order valence-electron chi connectivity index (χ4n) is 1.88. The summed E-state index contributed by atoms with van der Waals surface area (Å²) in [6.45, 7) is 3.75. The lowest BCUT2D eigenvalue weighted by atomic mass is 10.1. The number of nitrogens with zero attached hydrogens (tertiary/aromatic N) is 1. The minimum absolute atomic E-state index is 0.148. The summed E-state index contributed by atoms with van der Waals surface area (Å²) < 4.78 is 1.82. The smallest absolute Gasteiger partial charge is 0.192 e. The van der Waals surface area contributed by atoms with Crippen LogP contribution in [0.4, 0.5) is 0 Å². The largest absolute Gasteiger partial charge is 0.320 e. The molecule has 1 aromatic carbocycles. The molecule has 0 aliphatic rings. The molecule has 4 heteroatoms. The van der Waals surface area contributed by atoms with Crippen LogP contribution in [-0.2, 0) is 0 Å². The molecule has 0 saturated carbocycles. The van der Waals surface area contributed by atoms with E-state index in [1.807, 2.05) is 30.5 Å². The fourth-order valence-corrected chi connectivity index (χ4v) is 2.11. The highest BCUT2D eigenvalue weighted by molar-refractivity contribution is 6.30. The zero-order valence-corrected chi connectivity index (χ0v) is 10.9. The van der Waals surface area contributed by atoms with Crippen molar-refractivity contribution in [2.24, 2.45) is 0 Å². The Balaban J connectivity index is 2.70. The maximum absolute atomic E-state index is 11.5. The minimum atomic E-state index is -0.259. The van der Waals surface area contributed by atoms with Gasteiger partial charge in [-0.3, -0.25) is 9.59 Å². The lowest BCUT2D eigenvalue weighted by Gasteiger charge is -2.14. The number of carbonyl (C=O) groups is 1. The van der Waals surface area contributed by atoms with E-state index in [1.54, 1.807) is 12.3 Å². The third-order valence-electron chi connectivity index (χ3n) is 2.82. The van der Waals surface area contributed by atoms with Crippen LogP contribution in [0.25, 0.3) is 5.69 Å². The summed E-state index contributed by atoms with van der Waals surface area (Å²) in [4.78, 5) is 22.4. The monoisotopic (exact) mass is 261 g/mol. The second-order valence-electron chi connectivity index (χ2n) is 4.15. The van der Waals surface area contributed by atoms with E-state index in [2.05, 4.69) is 0 Å². The molecule has 0 N–H and O–H groups in total. The lowest BCUT2D eigenvalue weighted by molar-refractivity contribution is 0.112. The van der Waals surface area contributed by atoms with Gasteiger partial charge in [-0.05, 0) is 37.6 Å². The van der Waals surface area contributed by atoms with Crippen molar-refractivity contribution in [2.75, 3.05) is 0 Å². The van der Waals surface area contributed by atoms with Gasteiger partial charge in [0, 0.05) is 28.7 Å². The average molecular weight is 262 g/mol. The van der Waals surface area contributed by atoms with Crippen LogP contribution >= 0.6 is 11.6 Å². The van der Waals surface area contributed by atoms with Crippen LogP contribution in [0.3, 0.4) is 0 Å². The Morgan fingerprint density at radius 1 is 1.22 bits per heavy atom. The topological polar surface area (TPSA) is 39.1 Å². The molecule has 3 nitrogen and oxygen atoms in total. The van der Waals surface area contributed by atoms with Crippen molar-refractivity contribution in [1.29, 1.82) is 0 Å². The van der Waals surface area contributed by atoms with E-state index in [0.29, 0.717) is 11.3 Å². The highest BCUT2D eigenvalue weighted by atomic mass is 35.5. The number of rotatable bonds is 2. The molecule has 1 heterocycles. The van der Waals surface area contributed by atoms with Crippen molar-refractivity contribution in [3.8, 4) is 5.69 Å². The van der Waals surface area contributed by atoms with Crippen LogP contribution in [0.5, 0.6) is 0 Å². The summed E-state index contributed by atoms with van der Waals surface area (Å²) in [5.41, 5.74) is 2.54. The van der Waals surface area contributed by atoms with Gasteiger partial charge in [-0.2, -0.15) is 0 Å². The second kappa shape index (κ2) is 4.78. The van der Waals surface area contributed by atoms with Crippen molar-refractivity contribution in [2.45, 2.75) is 13.8 Å². The molecule has 0 aliphatic carbocycles. The number of pyridine rings is 1. The van der Waals surface area contributed by atoms with E-state index in [1.165, 1.54) is 6.07 Å². The predicted octanol–water partition coefficient (Wildman–Crippen LogP) is 2.92. The zero-order valence-electron chi connectivity index (χ0n) is 10.1. The molecule has 0 amide bonds.